The Bertz CT molecular complexity index is 286. The molecule has 0 bridgehead atoms. The molecule has 0 saturated heterocycles. The van der Waals surface area contributed by atoms with Gasteiger partial charge in [0.05, 0.1) is 17.8 Å². The lowest BCUT2D eigenvalue weighted by Gasteiger charge is -1.99. The van der Waals surface area contributed by atoms with Gasteiger partial charge in [0.1, 0.15) is 0 Å². The van der Waals surface area contributed by atoms with Gasteiger partial charge in [0, 0.05) is 5.69 Å². The predicted octanol–water partition coefficient (Wildman–Crippen LogP) is 1.34. The Morgan fingerprint density at radius 2 is 2.45 bits per heavy atom. The first-order chi connectivity index (χ1) is 5.33. The van der Waals surface area contributed by atoms with Gasteiger partial charge in [-0.25, -0.2) is 0 Å². The fraction of sp³-hybridized carbons (Fsp3) is 0.500. The van der Waals surface area contributed by atoms with Gasteiger partial charge in [0.2, 0.25) is 0 Å². The molecule has 1 aromatic heterocycles. The van der Waals surface area contributed by atoms with E-state index in [9.17, 15) is 4.79 Å². The number of nitrogens with zero attached hydrogens (tertiary/aromatic N) is 2. The lowest BCUT2D eigenvalue weighted by atomic mass is 10.3. The van der Waals surface area contributed by atoms with Crippen LogP contribution in [-0.4, -0.2) is 16.1 Å². The summed E-state index contributed by atoms with van der Waals surface area (Å²) >= 11 is 0. The van der Waals surface area contributed by atoms with E-state index in [0.717, 1.165) is 17.5 Å². The number of carbonyl (C=O) groups is 1. The third kappa shape index (κ3) is 0.964. The maximum atomic E-state index is 10.4. The Hall–Kier alpha value is -1.12. The standard InChI is InChI=1S/C8H10N2O/c1-6-7(5-11)4-9-10(6)8-2-3-8/h4-5,8H,2-3H2,1H3. The molecule has 11 heavy (non-hydrogen) atoms. The van der Waals surface area contributed by atoms with E-state index in [1.54, 1.807) is 6.20 Å². The molecule has 1 saturated carbocycles. The molecule has 0 aliphatic heterocycles. The largest absolute Gasteiger partial charge is 0.298 e. The quantitative estimate of drug-likeness (QED) is 0.596. The molecule has 1 aromatic rings. The second-order valence-electron chi connectivity index (χ2n) is 2.98. The van der Waals surface area contributed by atoms with Crippen molar-refractivity contribution in [3.05, 3.63) is 17.5 Å². The van der Waals surface area contributed by atoms with E-state index in [1.807, 2.05) is 11.6 Å². The molecule has 1 heterocycles. The average Bonchev–Trinajstić information content (AvgIpc) is 2.77. The van der Waals surface area contributed by atoms with E-state index in [-0.39, 0.29) is 0 Å². The van der Waals surface area contributed by atoms with Gasteiger partial charge in [-0.05, 0) is 19.8 Å². The van der Waals surface area contributed by atoms with Crippen molar-refractivity contribution < 1.29 is 4.79 Å². The summed E-state index contributed by atoms with van der Waals surface area (Å²) < 4.78 is 1.95. The highest BCUT2D eigenvalue weighted by Crippen LogP contribution is 2.35. The fourth-order valence-electron chi connectivity index (χ4n) is 1.24. The summed E-state index contributed by atoms with van der Waals surface area (Å²) in [6, 6.07) is 0.573. The molecule has 0 N–H and O–H groups in total. The molecule has 3 heteroatoms. The molecule has 0 unspecified atom stereocenters. The first-order valence-electron chi connectivity index (χ1n) is 3.82. The second kappa shape index (κ2) is 2.19. The molecule has 58 valence electrons. The van der Waals surface area contributed by atoms with E-state index >= 15 is 0 Å². The third-order valence-corrected chi connectivity index (χ3v) is 2.10. The molecule has 2 rings (SSSR count). The van der Waals surface area contributed by atoms with Crippen LogP contribution in [0, 0.1) is 6.92 Å². The van der Waals surface area contributed by atoms with E-state index in [0.29, 0.717) is 6.04 Å². The number of rotatable bonds is 2. The molecule has 1 aliphatic rings. The van der Waals surface area contributed by atoms with Crippen LogP contribution in [0.25, 0.3) is 0 Å². The van der Waals surface area contributed by atoms with Crippen LogP contribution >= 0.6 is 0 Å². The number of aldehydes is 1. The van der Waals surface area contributed by atoms with E-state index < -0.39 is 0 Å². The third-order valence-electron chi connectivity index (χ3n) is 2.10. The molecule has 0 spiro atoms. The van der Waals surface area contributed by atoms with E-state index in [1.165, 1.54) is 12.8 Å². The van der Waals surface area contributed by atoms with Gasteiger partial charge >= 0.3 is 0 Å². The molecule has 3 nitrogen and oxygen atoms in total. The van der Waals surface area contributed by atoms with Gasteiger partial charge < -0.3 is 0 Å². The number of hydrogen-bond acceptors (Lipinski definition) is 2. The van der Waals surface area contributed by atoms with Crippen LogP contribution in [0.15, 0.2) is 6.20 Å². The topological polar surface area (TPSA) is 34.9 Å². The second-order valence-corrected chi connectivity index (χ2v) is 2.98. The Morgan fingerprint density at radius 3 is 2.91 bits per heavy atom. The molecule has 0 radical (unpaired) electrons. The minimum absolute atomic E-state index is 0.573. The maximum Gasteiger partial charge on any atom is 0.153 e. The Balaban J connectivity index is 2.40. The first-order valence-corrected chi connectivity index (χ1v) is 3.82. The summed E-state index contributed by atoms with van der Waals surface area (Å²) in [5, 5.41) is 4.13. The summed E-state index contributed by atoms with van der Waals surface area (Å²) in [5.41, 5.74) is 1.72. The molecule has 0 amide bonds. The smallest absolute Gasteiger partial charge is 0.153 e. The zero-order valence-corrected chi connectivity index (χ0v) is 6.45. The van der Waals surface area contributed by atoms with Crippen molar-refractivity contribution in [1.82, 2.24) is 9.78 Å². The van der Waals surface area contributed by atoms with Gasteiger partial charge in [0.25, 0.3) is 0 Å². The van der Waals surface area contributed by atoms with Crippen molar-refractivity contribution >= 4 is 6.29 Å². The average molecular weight is 150 g/mol. The normalized spacial score (nSPS) is 16.8. The summed E-state index contributed by atoms with van der Waals surface area (Å²) in [4.78, 5) is 10.4. The van der Waals surface area contributed by atoms with Gasteiger partial charge in [-0.1, -0.05) is 0 Å². The monoisotopic (exact) mass is 150 g/mol. The van der Waals surface area contributed by atoms with Crippen LogP contribution < -0.4 is 0 Å². The molecule has 0 aromatic carbocycles. The Kier molecular flexibility index (Phi) is 1.31. The summed E-state index contributed by atoms with van der Waals surface area (Å²) in [7, 11) is 0. The van der Waals surface area contributed by atoms with Crippen LogP contribution in [0.5, 0.6) is 0 Å². The van der Waals surface area contributed by atoms with Gasteiger partial charge in [-0.15, -0.1) is 0 Å². The zero-order chi connectivity index (χ0) is 7.84. The molecule has 1 fully saturated rings. The highest BCUT2D eigenvalue weighted by atomic mass is 16.1. The minimum atomic E-state index is 0.573. The zero-order valence-electron chi connectivity index (χ0n) is 6.45. The SMILES string of the molecule is Cc1c(C=O)cnn1C1CC1. The summed E-state index contributed by atoms with van der Waals surface area (Å²) in [6.45, 7) is 1.94. The molecule has 0 atom stereocenters. The van der Waals surface area contributed by atoms with E-state index in [4.69, 9.17) is 0 Å². The maximum absolute atomic E-state index is 10.4. The van der Waals surface area contributed by atoms with Crippen molar-refractivity contribution in [2.24, 2.45) is 0 Å². The lowest BCUT2D eigenvalue weighted by molar-refractivity contribution is 0.112. The van der Waals surface area contributed by atoms with Crippen LogP contribution in [-0.2, 0) is 0 Å². The van der Waals surface area contributed by atoms with Crippen molar-refractivity contribution in [2.45, 2.75) is 25.8 Å². The van der Waals surface area contributed by atoms with Crippen LogP contribution in [0.4, 0.5) is 0 Å². The van der Waals surface area contributed by atoms with Gasteiger partial charge in [0.15, 0.2) is 6.29 Å². The van der Waals surface area contributed by atoms with Gasteiger partial charge in [-0.3, -0.25) is 9.48 Å². The Labute approximate surface area is 65.0 Å². The Morgan fingerprint density at radius 1 is 1.73 bits per heavy atom. The number of hydrogen-bond donors (Lipinski definition) is 0. The molecular formula is C8H10N2O. The van der Waals surface area contributed by atoms with Crippen LogP contribution in [0.2, 0.25) is 0 Å². The van der Waals surface area contributed by atoms with Crippen LogP contribution in [0.1, 0.15) is 34.9 Å². The molecule has 1 aliphatic carbocycles. The summed E-state index contributed by atoms with van der Waals surface area (Å²) in [6.07, 6.45) is 4.92. The number of carbonyl (C=O) groups excluding carboxylic acids is 1. The predicted molar refractivity (Wildman–Crippen MR) is 40.6 cm³/mol. The first kappa shape index (κ1) is 6.58. The highest BCUT2D eigenvalue weighted by molar-refractivity contribution is 5.75. The minimum Gasteiger partial charge on any atom is -0.298 e. The summed E-state index contributed by atoms with van der Waals surface area (Å²) in [5.74, 6) is 0. The number of aromatic nitrogens is 2. The highest BCUT2D eigenvalue weighted by Gasteiger charge is 2.26. The fourth-order valence-corrected chi connectivity index (χ4v) is 1.24. The van der Waals surface area contributed by atoms with Crippen molar-refractivity contribution in [1.29, 1.82) is 0 Å². The van der Waals surface area contributed by atoms with Crippen molar-refractivity contribution in [3.8, 4) is 0 Å². The van der Waals surface area contributed by atoms with Gasteiger partial charge in [-0.2, -0.15) is 5.10 Å². The lowest BCUT2D eigenvalue weighted by Crippen LogP contribution is -1.98. The van der Waals surface area contributed by atoms with Crippen molar-refractivity contribution in [2.75, 3.05) is 0 Å². The van der Waals surface area contributed by atoms with E-state index in [2.05, 4.69) is 5.10 Å². The molecular weight excluding hydrogens is 140 g/mol. The van der Waals surface area contributed by atoms with Crippen LogP contribution in [0.3, 0.4) is 0 Å². The van der Waals surface area contributed by atoms with Crippen molar-refractivity contribution in [3.63, 3.8) is 0 Å².